The van der Waals surface area contributed by atoms with Crippen LogP contribution in [-0.2, 0) is 19.2 Å². The minimum atomic E-state index is -0.655. The van der Waals surface area contributed by atoms with Crippen molar-refractivity contribution in [2.75, 3.05) is 16.3 Å². The number of anilines is 2. The predicted molar refractivity (Wildman–Crippen MR) is 126 cm³/mol. The highest BCUT2D eigenvalue weighted by Gasteiger charge is 2.50. The van der Waals surface area contributed by atoms with Crippen LogP contribution < -0.4 is 14.5 Å². The summed E-state index contributed by atoms with van der Waals surface area (Å²) in [5.74, 6) is -2.40. The molecule has 174 valence electrons. The monoisotopic (exact) mass is 478 g/mol. The first-order chi connectivity index (χ1) is 16.3. The number of fused-ring (bicyclic) bond motifs is 1. The molecule has 2 heterocycles. The lowest BCUT2D eigenvalue weighted by Crippen LogP contribution is -2.31. The number of imide groups is 1. The van der Waals surface area contributed by atoms with Crippen molar-refractivity contribution in [1.82, 2.24) is 0 Å². The SMILES string of the molecule is C[C@@H]1C=CC[C@@H]2C(=O)N(c3cccc(OC(=O)[C@@H]4CC(=O)N(c5ccccc5Cl)C4)c3)C(=O)[C@@H]12. The Hall–Kier alpha value is -3.45. The number of hydrogen-bond acceptors (Lipinski definition) is 5. The third kappa shape index (κ3) is 3.80. The number of ether oxygens (including phenoxy) is 1. The van der Waals surface area contributed by atoms with Crippen molar-refractivity contribution < 1.29 is 23.9 Å². The first-order valence-electron chi connectivity index (χ1n) is 11.3. The minimum absolute atomic E-state index is 0.0119. The van der Waals surface area contributed by atoms with Crippen LogP contribution in [0.1, 0.15) is 19.8 Å². The standard InChI is InChI=1S/C26H23ClN2O5/c1-15-6-4-9-19-23(15)25(32)29(24(19)31)17-7-5-8-18(13-17)34-26(33)16-12-22(30)28(14-16)21-11-3-2-10-20(21)27/h2-8,10-11,13,15-16,19,23H,9,12,14H2,1H3/t15-,16-,19+,23+/m1/s1. The summed E-state index contributed by atoms with van der Waals surface area (Å²) in [6, 6.07) is 13.4. The van der Waals surface area contributed by atoms with Crippen LogP contribution in [0.4, 0.5) is 11.4 Å². The highest BCUT2D eigenvalue weighted by atomic mass is 35.5. The largest absolute Gasteiger partial charge is 0.426 e. The van der Waals surface area contributed by atoms with Crippen molar-refractivity contribution in [2.24, 2.45) is 23.7 Å². The van der Waals surface area contributed by atoms with E-state index in [9.17, 15) is 19.2 Å². The molecular formula is C26H23ClN2O5. The van der Waals surface area contributed by atoms with Gasteiger partial charge in [-0.05, 0) is 36.6 Å². The molecular weight excluding hydrogens is 456 g/mol. The van der Waals surface area contributed by atoms with Crippen LogP contribution in [0.5, 0.6) is 5.75 Å². The summed E-state index contributed by atoms with van der Waals surface area (Å²) < 4.78 is 5.56. The van der Waals surface area contributed by atoms with Crippen LogP contribution in [0.3, 0.4) is 0 Å². The fourth-order valence-electron chi connectivity index (χ4n) is 5.06. The van der Waals surface area contributed by atoms with Crippen molar-refractivity contribution >= 4 is 46.7 Å². The molecule has 2 aromatic carbocycles. The Balaban J connectivity index is 1.31. The van der Waals surface area contributed by atoms with Gasteiger partial charge in [-0.1, -0.05) is 48.9 Å². The van der Waals surface area contributed by atoms with Gasteiger partial charge in [-0.3, -0.25) is 19.2 Å². The Morgan fingerprint density at radius 1 is 1.06 bits per heavy atom. The smallest absolute Gasteiger partial charge is 0.316 e. The third-order valence-electron chi connectivity index (χ3n) is 6.77. The maximum absolute atomic E-state index is 13.0. The van der Waals surface area contributed by atoms with E-state index in [1.165, 1.54) is 15.9 Å². The summed E-state index contributed by atoms with van der Waals surface area (Å²) in [6.07, 6.45) is 4.49. The number of para-hydroxylation sites is 1. The molecule has 5 rings (SSSR count). The number of allylic oxidation sites excluding steroid dienone is 2. The molecule has 0 radical (unpaired) electrons. The van der Waals surface area contributed by atoms with Crippen molar-refractivity contribution in [2.45, 2.75) is 19.8 Å². The second kappa shape index (κ2) is 8.72. The molecule has 0 unspecified atom stereocenters. The molecule has 0 spiro atoms. The molecule has 3 amide bonds. The lowest BCUT2D eigenvalue weighted by Gasteiger charge is -2.22. The quantitative estimate of drug-likeness (QED) is 0.287. The second-order valence-electron chi connectivity index (χ2n) is 8.94. The Kier molecular flexibility index (Phi) is 5.73. The van der Waals surface area contributed by atoms with E-state index in [4.69, 9.17) is 16.3 Å². The zero-order valence-corrected chi connectivity index (χ0v) is 19.3. The van der Waals surface area contributed by atoms with Gasteiger partial charge in [0, 0.05) is 19.0 Å². The Morgan fingerprint density at radius 2 is 1.85 bits per heavy atom. The van der Waals surface area contributed by atoms with Gasteiger partial charge in [0.15, 0.2) is 0 Å². The number of carbonyl (C=O) groups is 4. The zero-order chi connectivity index (χ0) is 24.0. The van der Waals surface area contributed by atoms with E-state index in [0.717, 1.165) is 0 Å². The van der Waals surface area contributed by atoms with Gasteiger partial charge in [0.05, 0.1) is 34.2 Å². The summed E-state index contributed by atoms with van der Waals surface area (Å²) in [4.78, 5) is 54.1. The first kappa shape index (κ1) is 22.3. The van der Waals surface area contributed by atoms with Crippen LogP contribution in [0.25, 0.3) is 0 Å². The third-order valence-corrected chi connectivity index (χ3v) is 7.09. The molecule has 1 aliphatic carbocycles. The molecule has 2 fully saturated rings. The number of nitrogens with zero attached hydrogens (tertiary/aromatic N) is 2. The van der Waals surface area contributed by atoms with Crippen molar-refractivity contribution in [3.8, 4) is 5.75 Å². The molecule has 4 atom stereocenters. The number of esters is 1. The number of halogens is 1. The average molecular weight is 479 g/mol. The topological polar surface area (TPSA) is 84.0 Å². The second-order valence-corrected chi connectivity index (χ2v) is 9.35. The van der Waals surface area contributed by atoms with E-state index in [1.807, 2.05) is 19.1 Å². The average Bonchev–Trinajstić information content (AvgIpc) is 3.32. The molecule has 3 aliphatic rings. The maximum Gasteiger partial charge on any atom is 0.316 e. The van der Waals surface area contributed by atoms with Gasteiger partial charge in [0.25, 0.3) is 0 Å². The van der Waals surface area contributed by atoms with Crippen molar-refractivity contribution in [3.63, 3.8) is 0 Å². The molecule has 8 heteroatoms. The molecule has 2 aromatic rings. The van der Waals surface area contributed by atoms with Crippen LogP contribution >= 0.6 is 11.6 Å². The van der Waals surface area contributed by atoms with Crippen LogP contribution in [0.2, 0.25) is 5.02 Å². The first-order valence-corrected chi connectivity index (χ1v) is 11.6. The Bertz CT molecular complexity index is 1230. The van der Waals surface area contributed by atoms with Crippen molar-refractivity contribution in [3.05, 3.63) is 65.7 Å². The molecule has 0 bridgehead atoms. The Labute approximate surface area is 201 Å². The summed E-state index contributed by atoms with van der Waals surface area (Å²) in [5, 5.41) is 0.433. The van der Waals surface area contributed by atoms with E-state index >= 15 is 0 Å². The van der Waals surface area contributed by atoms with E-state index in [1.54, 1.807) is 42.5 Å². The van der Waals surface area contributed by atoms with Gasteiger partial charge < -0.3 is 9.64 Å². The van der Waals surface area contributed by atoms with Gasteiger partial charge in [-0.2, -0.15) is 0 Å². The highest BCUT2D eigenvalue weighted by molar-refractivity contribution is 6.34. The fourth-order valence-corrected chi connectivity index (χ4v) is 5.29. The molecule has 34 heavy (non-hydrogen) atoms. The van der Waals surface area contributed by atoms with Gasteiger partial charge >= 0.3 is 5.97 Å². The molecule has 0 N–H and O–H groups in total. The summed E-state index contributed by atoms with van der Waals surface area (Å²) in [7, 11) is 0. The lowest BCUT2D eigenvalue weighted by atomic mass is 9.78. The Morgan fingerprint density at radius 3 is 2.62 bits per heavy atom. The minimum Gasteiger partial charge on any atom is -0.426 e. The molecule has 2 aliphatic heterocycles. The van der Waals surface area contributed by atoms with Gasteiger partial charge in [0.2, 0.25) is 17.7 Å². The molecule has 7 nitrogen and oxygen atoms in total. The van der Waals surface area contributed by atoms with E-state index < -0.39 is 11.9 Å². The number of hydrogen-bond donors (Lipinski definition) is 0. The van der Waals surface area contributed by atoms with Gasteiger partial charge in [-0.15, -0.1) is 0 Å². The van der Waals surface area contributed by atoms with E-state index in [0.29, 0.717) is 22.8 Å². The normalized spacial score (nSPS) is 26.2. The molecule has 0 saturated carbocycles. The summed E-state index contributed by atoms with van der Waals surface area (Å²) in [6.45, 7) is 2.10. The van der Waals surface area contributed by atoms with Crippen molar-refractivity contribution in [1.29, 1.82) is 0 Å². The molecule has 2 saturated heterocycles. The number of amides is 3. The zero-order valence-electron chi connectivity index (χ0n) is 18.5. The van der Waals surface area contributed by atoms with E-state index in [-0.39, 0.29) is 54.2 Å². The number of benzene rings is 2. The van der Waals surface area contributed by atoms with Gasteiger partial charge in [0.1, 0.15) is 5.75 Å². The number of rotatable bonds is 4. The molecule has 0 aromatic heterocycles. The van der Waals surface area contributed by atoms with Crippen LogP contribution in [0, 0.1) is 23.7 Å². The lowest BCUT2D eigenvalue weighted by molar-refractivity contribution is -0.139. The highest BCUT2D eigenvalue weighted by Crippen LogP contribution is 2.41. The van der Waals surface area contributed by atoms with Crippen LogP contribution in [0.15, 0.2) is 60.7 Å². The fraction of sp³-hybridized carbons (Fsp3) is 0.308. The predicted octanol–water partition coefficient (Wildman–Crippen LogP) is 4.00. The number of carbonyl (C=O) groups excluding carboxylic acids is 4. The van der Waals surface area contributed by atoms with Gasteiger partial charge in [-0.25, -0.2) is 4.90 Å². The van der Waals surface area contributed by atoms with E-state index in [2.05, 4.69) is 0 Å². The van der Waals surface area contributed by atoms with Crippen LogP contribution in [-0.4, -0.2) is 30.2 Å². The maximum atomic E-state index is 13.0. The summed E-state index contributed by atoms with van der Waals surface area (Å²) in [5.41, 5.74) is 0.935. The summed E-state index contributed by atoms with van der Waals surface area (Å²) >= 11 is 6.21.